The summed E-state index contributed by atoms with van der Waals surface area (Å²) >= 11 is 0. The van der Waals surface area contributed by atoms with Gasteiger partial charge >= 0.3 is 0 Å². The Morgan fingerprint density at radius 2 is 2.10 bits per heavy atom. The molecule has 0 saturated carbocycles. The predicted molar refractivity (Wildman–Crippen MR) is 82.7 cm³/mol. The summed E-state index contributed by atoms with van der Waals surface area (Å²) in [5, 5.41) is 12.7. The van der Waals surface area contributed by atoms with Gasteiger partial charge in [0.05, 0.1) is 29.6 Å². The minimum absolute atomic E-state index is 0.0713. The minimum Gasteiger partial charge on any atom is -0.392 e. The summed E-state index contributed by atoms with van der Waals surface area (Å²) in [7, 11) is 0. The molecule has 5 nitrogen and oxygen atoms in total. The first-order chi connectivity index (χ1) is 10.0. The number of aromatic nitrogens is 2. The molecule has 0 spiro atoms. The maximum atomic E-state index is 12.0. The third-order valence-electron chi connectivity index (χ3n) is 3.65. The van der Waals surface area contributed by atoms with Gasteiger partial charge in [0.25, 0.3) is 0 Å². The van der Waals surface area contributed by atoms with Crippen LogP contribution in [0.15, 0.2) is 24.3 Å². The van der Waals surface area contributed by atoms with Crippen molar-refractivity contribution >= 4 is 16.9 Å². The van der Waals surface area contributed by atoms with Crippen molar-refractivity contribution in [2.75, 3.05) is 0 Å². The van der Waals surface area contributed by atoms with Crippen LogP contribution in [0.4, 0.5) is 0 Å². The molecule has 0 fully saturated rings. The first-order valence-electron chi connectivity index (χ1n) is 7.43. The van der Waals surface area contributed by atoms with E-state index in [0.29, 0.717) is 0 Å². The number of carbonyl (C=O) groups excluding carboxylic acids is 1. The Balaban J connectivity index is 2.07. The van der Waals surface area contributed by atoms with Gasteiger partial charge in [0.1, 0.15) is 5.82 Å². The standard InChI is InChI=1S/C16H23N3O2/c1-4-11(17-15(21)9-14(20)10(2)3)16-18-12-7-5-6-8-13(12)19-16/h5-8,10-11,14,20H,4,9H2,1-3H3,(H,17,21)(H,18,19). The van der Waals surface area contributed by atoms with Crippen molar-refractivity contribution in [3.05, 3.63) is 30.1 Å². The largest absolute Gasteiger partial charge is 0.392 e. The Hall–Kier alpha value is -1.88. The molecule has 3 N–H and O–H groups in total. The van der Waals surface area contributed by atoms with E-state index in [1.54, 1.807) is 0 Å². The van der Waals surface area contributed by atoms with Gasteiger partial charge in [-0.05, 0) is 24.5 Å². The van der Waals surface area contributed by atoms with Crippen LogP contribution in [0.5, 0.6) is 0 Å². The number of nitrogens with zero attached hydrogens (tertiary/aromatic N) is 1. The van der Waals surface area contributed by atoms with Crippen molar-refractivity contribution < 1.29 is 9.90 Å². The van der Waals surface area contributed by atoms with E-state index in [0.717, 1.165) is 23.3 Å². The molecule has 114 valence electrons. The molecule has 2 aromatic rings. The van der Waals surface area contributed by atoms with Gasteiger partial charge in [0.2, 0.25) is 5.91 Å². The second-order valence-corrected chi connectivity index (χ2v) is 5.68. The first kappa shape index (κ1) is 15.5. The molecule has 1 aromatic heterocycles. The van der Waals surface area contributed by atoms with E-state index in [4.69, 9.17) is 0 Å². The Morgan fingerprint density at radius 3 is 2.71 bits per heavy atom. The summed E-state index contributed by atoms with van der Waals surface area (Å²) in [6, 6.07) is 7.62. The molecule has 21 heavy (non-hydrogen) atoms. The number of H-pyrrole nitrogens is 1. The predicted octanol–water partition coefficient (Wildman–Crippen LogP) is 2.54. The number of rotatable bonds is 6. The summed E-state index contributed by atoms with van der Waals surface area (Å²) in [6.07, 6.45) is 0.246. The summed E-state index contributed by atoms with van der Waals surface area (Å²) in [6.45, 7) is 5.79. The van der Waals surface area contributed by atoms with E-state index in [1.807, 2.05) is 45.0 Å². The number of carbonyl (C=O) groups is 1. The zero-order chi connectivity index (χ0) is 15.4. The number of para-hydroxylation sites is 2. The summed E-state index contributed by atoms with van der Waals surface area (Å²) in [5.41, 5.74) is 1.85. The van der Waals surface area contributed by atoms with Gasteiger partial charge in [-0.1, -0.05) is 32.9 Å². The second kappa shape index (κ2) is 6.72. The highest BCUT2D eigenvalue weighted by Crippen LogP contribution is 2.18. The van der Waals surface area contributed by atoms with Gasteiger partial charge in [-0.2, -0.15) is 0 Å². The van der Waals surface area contributed by atoms with Crippen molar-refractivity contribution in [3.63, 3.8) is 0 Å². The summed E-state index contributed by atoms with van der Waals surface area (Å²) in [5.74, 6) is 0.677. The van der Waals surface area contributed by atoms with Gasteiger partial charge in [-0.3, -0.25) is 4.79 Å². The second-order valence-electron chi connectivity index (χ2n) is 5.68. The molecule has 1 aromatic carbocycles. The van der Waals surface area contributed by atoms with Crippen molar-refractivity contribution in [3.8, 4) is 0 Å². The monoisotopic (exact) mass is 289 g/mol. The molecule has 0 aliphatic heterocycles. The molecule has 0 aliphatic carbocycles. The molecule has 0 radical (unpaired) electrons. The number of aliphatic hydroxyl groups excluding tert-OH is 1. The lowest BCUT2D eigenvalue weighted by atomic mass is 10.0. The van der Waals surface area contributed by atoms with Crippen molar-refractivity contribution in [2.24, 2.45) is 5.92 Å². The van der Waals surface area contributed by atoms with Crippen LogP contribution in [0, 0.1) is 5.92 Å². The smallest absolute Gasteiger partial charge is 0.223 e. The number of fused-ring (bicyclic) bond motifs is 1. The van der Waals surface area contributed by atoms with Crippen LogP contribution in [0.2, 0.25) is 0 Å². The van der Waals surface area contributed by atoms with Crippen LogP contribution in [0.1, 0.15) is 45.5 Å². The van der Waals surface area contributed by atoms with Crippen LogP contribution < -0.4 is 5.32 Å². The van der Waals surface area contributed by atoms with Crippen LogP contribution in [0.25, 0.3) is 11.0 Å². The topological polar surface area (TPSA) is 78.0 Å². The van der Waals surface area contributed by atoms with Crippen molar-refractivity contribution in [1.82, 2.24) is 15.3 Å². The van der Waals surface area contributed by atoms with Crippen LogP contribution in [-0.2, 0) is 4.79 Å². The van der Waals surface area contributed by atoms with Gasteiger partial charge in [-0.25, -0.2) is 4.98 Å². The zero-order valence-corrected chi connectivity index (χ0v) is 12.8. The lowest BCUT2D eigenvalue weighted by Gasteiger charge is -2.18. The highest BCUT2D eigenvalue weighted by Gasteiger charge is 2.19. The fourth-order valence-corrected chi connectivity index (χ4v) is 2.18. The normalized spacial score (nSPS) is 14.3. The molecule has 1 amide bonds. The molecule has 1 heterocycles. The summed E-state index contributed by atoms with van der Waals surface area (Å²) < 4.78 is 0. The quantitative estimate of drug-likeness (QED) is 0.764. The minimum atomic E-state index is -0.613. The van der Waals surface area contributed by atoms with Gasteiger partial charge in [0, 0.05) is 0 Å². The summed E-state index contributed by atoms with van der Waals surface area (Å²) in [4.78, 5) is 19.8. The lowest BCUT2D eigenvalue weighted by Crippen LogP contribution is -2.32. The molecule has 2 atom stereocenters. The molecule has 0 bridgehead atoms. The van der Waals surface area contributed by atoms with E-state index in [2.05, 4.69) is 15.3 Å². The Bertz CT molecular complexity index is 573. The van der Waals surface area contributed by atoms with Crippen LogP contribution in [-0.4, -0.2) is 27.1 Å². The Morgan fingerprint density at radius 1 is 1.38 bits per heavy atom. The highest BCUT2D eigenvalue weighted by molar-refractivity contribution is 5.78. The SMILES string of the molecule is CCC(NC(=O)CC(O)C(C)C)c1nc2ccccc2[nH]1. The maximum Gasteiger partial charge on any atom is 0.223 e. The van der Waals surface area contributed by atoms with Crippen molar-refractivity contribution in [1.29, 1.82) is 0 Å². The molecule has 0 aliphatic rings. The Kier molecular flexibility index (Phi) is 4.96. The maximum absolute atomic E-state index is 12.0. The average molecular weight is 289 g/mol. The number of imidazole rings is 1. The third kappa shape index (κ3) is 3.82. The molecule has 2 rings (SSSR count). The van der Waals surface area contributed by atoms with Gasteiger partial charge in [-0.15, -0.1) is 0 Å². The first-order valence-corrected chi connectivity index (χ1v) is 7.43. The molecular formula is C16H23N3O2. The van der Waals surface area contributed by atoms with E-state index >= 15 is 0 Å². The Labute approximate surface area is 124 Å². The molecular weight excluding hydrogens is 266 g/mol. The van der Waals surface area contributed by atoms with E-state index < -0.39 is 6.10 Å². The highest BCUT2D eigenvalue weighted by atomic mass is 16.3. The van der Waals surface area contributed by atoms with Crippen LogP contribution in [0.3, 0.4) is 0 Å². The van der Waals surface area contributed by atoms with E-state index in [-0.39, 0.29) is 24.3 Å². The van der Waals surface area contributed by atoms with Crippen molar-refractivity contribution in [2.45, 2.75) is 45.8 Å². The van der Waals surface area contributed by atoms with Gasteiger partial charge < -0.3 is 15.4 Å². The number of hydrogen-bond donors (Lipinski definition) is 3. The van der Waals surface area contributed by atoms with Crippen LogP contribution >= 0.6 is 0 Å². The fourth-order valence-electron chi connectivity index (χ4n) is 2.18. The molecule has 5 heteroatoms. The number of hydrogen-bond acceptors (Lipinski definition) is 3. The number of amides is 1. The number of benzene rings is 1. The molecule has 0 saturated heterocycles. The molecule has 2 unspecified atom stereocenters. The van der Waals surface area contributed by atoms with Gasteiger partial charge in [0.15, 0.2) is 0 Å². The zero-order valence-electron chi connectivity index (χ0n) is 12.8. The fraction of sp³-hybridized carbons (Fsp3) is 0.500. The average Bonchev–Trinajstić information content (AvgIpc) is 2.88. The number of nitrogens with one attached hydrogen (secondary N) is 2. The lowest BCUT2D eigenvalue weighted by molar-refractivity contribution is -0.124. The van der Waals surface area contributed by atoms with E-state index in [9.17, 15) is 9.90 Å². The number of aromatic amines is 1. The number of aliphatic hydroxyl groups is 1. The van der Waals surface area contributed by atoms with E-state index in [1.165, 1.54) is 0 Å². The third-order valence-corrected chi connectivity index (χ3v) is 3.65.